The Bertz CT molecular complexity index is 1080. The van der Waals surface area contributed by atoms with Gasteiger partial charge in [-0.25, -0.2) is 4.98 Å². The van der Waals surface area contributed by atoms with Crippen LogP contribution in [0.4, 0.5) is 18.9 Å². The maximum atomic E-state index is 12.9. The molecule has 1 N–H and O–H groups in total. The van der Waals surface area contributed by atoms with E-state index in [9.17, 15) is 18.0 Å². The van der Waals surface area contributed by atoms with Crippen LogP contribution in [0.3, 0.4) is 0 Å². The Morgan fingerprint density at radius 2 is 2.00 bits per heavy atom. The summed E-state index contributed by atoms with van der Waals surface area (Å²) in [6.45, 7) is 4.94. The molecule has 164 valence electrons. The molecule has 8 heteroatoms. The fourth-order valence-corrected chi connectivity index (χ4v) is 4.23. The number of benzene rings is 2. The van der Waals surface area contributed by atoms with Crippen molar-refractivity contribution in [3.05, 3.63) is 59.9 Å². The van der Waals surface area contributed by atoms with Crippen LogP contribution in [0.1, 0.15) is 31.2 Å². The van der Waals surface area contributed by atoms with Crippen LogP contribution in [-0.4, -0.2) is 33.4 Å². The molecule has 1 saturated heterocycles. The van der Waals surface area contributed by atoms with Crippen LogP contribution in [-0.2, 0) is 24.1 Å². The van der Waals surface area contributed by atoms with Gasteiger partial charge in [0.25, 0.3) is 0 Å². The molecule has 31 heavy (non-hydrogen) atoms. The number of hydrogen-bond acceptors (Lipinski definition) is 3. The van der Waals surface area contributed by atoms with Crippen molar-refractivity contribution in [1.29, 1.82) is 0 Å². The summed E-state index contributed by atoms with van der Waals surface area (Å²) in [6.07, 6.45) is -2.87. The van der Waals surface area contributed by atoms with Crippen molar-refractivity contribution in [2.24, 2.45) is 5.92 Å². The second kappa shape index (κ2) is 8.70. The monoisotopic (exact) mass is 430 g/mol. The van der Waals surface area contributed by atoms with Gasteiger partial charge in [-0.15, -0.1) is 0 Å². The van der Waals surface area contributed by atoms with Gasteiger partial charge in [-0.05, 0) is 56.6 Å². The van der Waals surface area contributed by atoms with E-state index in [0.717, 1.165) is 48.5 Å². The summed E-state index contributed by atoms with van der Waals surface area (Å²) in [7, 11) is 0. The van der Waals surface area contributed by atoms with Gasteiger partial charge in [-0.2, -0.15) is 13.2 Å². The highest BCUT2D eigenvalue weighted by atomic mass is 19.4. The number of aromatic nitrogens is 2. The number of alkyl halides is 3. The number of imidazole rings is 1. The maximum absolute atomic E-state index is 12.9. The molecule has 2 heterocycles. The number of rotatable bonds is 5. The van der Waals surface area contributed by atoms with E-state index in [4.69, 9.17) is 4.98 Å². The third-order valence-corrected chi connectivity index (χ3v) is 5.75. The minimum atomic E-state index is -4.44. The van der Waals surface area contributed by atoms with Gasteiger partial charge >= 0.3 is 6.18 Å². The van der Waals surface area contributed by atoms with Crippen LogP contribution in [0.25, 0.3) is 11.0 Å². The van der Waals surface area contributed by atoms with Gasteiger partial charge < -0.3 is 9.88 Å². The average molecular weight is 430 g/mol. The number of para-hydroxylation sites is 2. The molecule has 0 saturated carbocycles. The summed E-state index contributed by atoms with van der Waals surface area (Å²) < 4.78 is 41.0. The molecule has 0 bridgehead atoms. The molecule has 1 atom stereocenters. The molecule has 0 spiro atoms. The fourth-order valence-electron chi connectivity index (χ4n) is 4.23. The number of fused-ring (bicyclic) bond motifs is 1. The highest BCUT2D eigenvalue weighted by Crippen LogP contribution is 2.31. The first-order chi connectivity index (χ1) is 14.8. The third-order valence-electron chi connectivity index (χ3n) is 5.75. The second-order valence-corrected chi connectivity index (χ2v) is 7.90. The van der Waals surface area contributed by atoms with Crippen LogP contribution in [0.15, 0.2) is 48.5 Å². The SMILES string of the molecule is CCn1c(CN2CCC[C@H](C(=O)Nc3cccc(C(F)(F)F)c3)C2)nc2ccccc21. The van der Waals surface area contributed by atoms with E-state index in [0.29, 0.717) is 19.5 Å². The van der Waals surface area contributed by atoms with Crippen LogP contribution < -0.4 is 5.32 Å². The van der Waals surface area contributed by atoms with E-state index in [1.165, 1.54) is 12.1 Å². The Kier molecular flexibility index (Phi) is 6.00. The number of nitrogens with one attached hydrogen (secondary N) is 1. The third kappa shape index (κ3) is 4.74. The minimum Gasteiger partial charge on any atom is -0.327 e. The normalized spacial score (nSPS) is 17.7. The molecule has 1 amide bonds. The van der Waals surface area contributed by atoms with Crippen molar-refractivity contribution in [3.8, 4) is 0 Å². The van der Waals surface area contributed by atoms with Crippen molar-refractivity contribution in [1.82, 2.24) is 14.5 Å². The van der Waals surface area contributed by atoms with E-state index in [1.807, 2.05) is 18.2 Å². The summed E-state index contributed by atoms with van der Waals surface area (Å²) in [5.41, 5.74) is 1.45. The van der Waals surface area contributed by atoms with E-state index in [-0.39, 0.29) is 17.5 Å². The average Bonchev–Trinajstić information content (AvgIpc) is 3.10. The van der Waals surface area contributed by atoms with Gasteiger partial charge in [0.15, 0.2) is 0 Å². The maximum Gasteiger partial charge on any atom is 0.416 e. The molecule has 4 rings (SSSR count). The molecule has 0 radical (unpaired) electrons. The van der Waals surface area contributed by atoms with Crippen molar-refractivity contribution >= 4 is 22.6 Å². The Morgan fingerprint density at radius 3 is 2.77 bits per heavy atom. The summed E-state index contributed by atoms with van der Waals surface area (Å²) in [4.78, 5) is 19.7. The summed E-state index contributed by atoms with van der Waals surface area (Å²) in [5.74, 6) is 0.443. The van der Waals surface area contributed by atoms with Crippen molar-refractivity contribution in [2.45, 2.75) is 39.0 Å². The molecule has 1 aliphatic heterocycles. The molecule has 0 aliphatic carbocycles. The van der Waals surface area contributed by atoms with E-state index in [2.05, 4.69) is 27.8 Å². The molecular formula is C23H25F3N4O. The highest BCUT2D eigenvalue weighted by Gasteiger charge is 2.31. The molecule has 0 unspecified atom stereocenters. The number of anilines is 1. The summed E-state index contributed by atoms with van der Waals surface area (Å²) in [6, 6.07) is 12.8. The Balaban J connectivity index is 1.44. The molecule has 5 nitrogen and oxygen atoms in total. The fraction of sp³-hybridized carbons (Fsp3) is 0.391. The molecule has 1 fully saturated rings. The lowest BCUT2D eigenvalue weighted by atomic mass is 9.97. The highest BCUT2D eigenvalue weighted by molar-refractivity contribution is 5.92. The smallest absolute Gasteiger partial charge is 0.327 e. The second-order valence-electron chi connectivity index (χ2n) is 7.90. The van der Waals surface area contributed by atoms with Gasteiger partial charge in [0, 0.05) is 18.8 Å². The molecule has 3 aromatic rings. The summed E-state index contributed by atoms with van der Waals surface area (Å²) >= 11 is 0. The number of likely N-dealkylation sites (tertiary alicyclic amines) is 1. The van der Waals surface area contributed by atoms with Crippen LogP contribution in [0.2, 0.25) is 0 Å². The lowest BCUT2D eigenvalue weighted by Crippen LogP contribution is -2.40. The van der Waals surface area contributed by atoms with Gasteiger partial charge in [-0.1, -0.05) is 18.2 Å². The number of nitrogens with zero attached hydrogens (tertiary/aromatic N) is 3. The molecule has 1 aromatic heterocycles. The first-order valence-corrected chi connectivity index (χ1v) is 10.5. The van der Waals surface area contributed by atoms with Crippen LogP contribution in [0, 0.1) is 5.92 Å². The predicted molar refractivity (Wildman–Crippen MR) is 113 cm³/mol. The first kappa shape index (κ1) is 21.4. The number of halogens is 3. The molecule has 1 aliphatic rings. The summed E-state index contributed by atoms with van der Waals surface area (Å²) in [5, 5.41) is 2.67. The molecule has 2 aromatic carbocycles. The molecular weight excluding hydrogens is 405 g/mol. The number of amides is 1. The minimum absolute atomic E-state index is 0.171. The van der Waals surface area contributed by atoms with Gasteiger partial charge in [-0.3, -0.25) is 9.69 Å². The van der Waals surface area contributed by atoms with E-state index in [1.54, 1.807) is 0 Å². The number of piperidine rings is 1. The van der Waals surface area contributed by atoms with Crippen molar-refractivity contribution in [3.63, 3.8) is 0 Å². The Hall–Kier alpha value is -2.87. The number of carbonyl (C=O) groups excluding carboxylic acids is 1. The zero-order valence-electron chi connectivity index (χ0n) is 17.3. The lowest BCUT2D eigenvalue weighted by Gasteiger charge is -2.31. The largest absolute Gasteiger partial charge is 0.416 e. The zero-order valence-corrected chi connectivity index (χ0v) is 17.3. The number of aryl methyl sites for hydroxylation is 1. The zero-order chi connectivity index (χ0) is 22.0. The lowest BCUT2D eigenvalue weighted by molar-refractivity contribution is -0.137. The quantitative estimate of drug-likeness (QED) is 0.625. The number of carbonyl (C=O) groups is 1. The van der Waals surface area contributed by atoms with Gasteiger partial charge in [0.1, 0.15) is 5.82 Å². The topological polar surface area (TPSA) is 50.2 Å². The van der Waals surface area contributed by atoms with Crippen molar-refractivity contribution < 1.29 is 18.0 Å². The van der Waals surface area contributed by atoms with Crippen LogP contribution >= 0.6 is 0 Å². The van der Waals surface area contributed by atoms with E-state index >= 15 is 0 Å². The van der Waals surface area contributed by atoms with Crippen LogP contribution in [0.5, 0.6) is 0 Å². The Labute approximate surface area is 178 Å². The van der Waals surface area contributed by atoms with Crippen molar-refractivity contribution in [2.75, 3.05) is 18.4 Å². The standard InChI is InChI=1S/C23H25F3N4O/c1-2-30-20-11-4-3-10-19(20)28-21(30)15-29-12-6-7-16(14-29)22(31)27-18-9-5-8-17(13-18)23(24,25)26/h3-5,8-11,13,16H,2,6-7,12,14-15H2,1H3,(H,27,31)/t16-/m0/s1. The first-order valence-electron chi connectivity index (χ1n) is 10.5. The van der Waals surface area contributed by atoms with Gasteiger partial charge in [0.2, 0.25) is 5.91 Å². The predicted octanol–water partition coefficient (Wildman–Crippen LogP) is 4.93. The number of hydrogen-bond donors (Lipinski definition) is 1. The van der Waals surface area contributed by atoms with E-state index < -0.39 is 11.7 Å². The Morgan fingerprint density at radius 1 is 1.19 bits per heavy atom. The van der Waals surface area contributed by atoms with Gasteiger partial charge in [0.05, 0.1) is 29.1 Å².